The van der Waals surface area contributed by atoms with Gasteiger partial charge in [0, 0.05) is 37.1 Å². The largest absolute Gasteiger partial charge is 0.383 e. The van der Waals surface area contributed by atoms with Crippen molar-refractivity contribution in [2.45, 2.75) is 19.8 Å². The van der Waals surface area contributed by atoms with E-state index in [4.69, 9.17) is 0 Å². The van der Waals surface area contributed by atoms with Crippen LogP contribution in [-0.4, -0.2) is 24.0 Å². The first-order chi connectivity index (χ1) is 7.77. The summed E-state index contributed by atoms with van der Waals surface area (Å²) in [6.07, 6.45) is 5.70. The van der Waals surface area contributed by atoms with Crippen molar-refractivity contribution in [2.75, 3.05) is 18.4 Å². The molecule has 1 fully saturated rings. The molecule has 2 rings (SSSR count). The lowest BCUT2D eigenvalue weighted by Crippen LogP contribution is -2.29. The van der Waals surface area contributed by atoms with E-state index < -0.39 is 0 Å². The second-order valence-corrected chi connectivity index (χ2v) is 4.18. The minimum absolute atomic E-state index is 0.202. The lowest BCUT2D eigenvalue weighted by atomic mass is 10.2. The highest BCUT2D eigenvalue weighted by molar-refractivity contribution is 5.80. The Morgan fingerprint density at radius 1 is 1.50 bits per heavy atom. The molecule has 1 amide bonds. The molecular formula is C12H17N3O. The van der Waals surface area contributed by atoms with Gasteiger partial charge in [0.15, 0.2) is 0 Å². The zero-order chi connectivity index (χ0) is 11.4. The molecule has 1 saturated carbocycles. The number of pyridine rings is 1. The van der Waals surface area contributed by atoms with Crippen molar-refractivity contribution in [2.24, 2.45) is 5.92 Å². The van der Waals surface area contributed by atoms with Crippen LogP contribution in [0.25, 0.3) is 0 Å². The maximum atomic E-state index is 11.3. The van der Waals surface area contributed by atoms with E-state index in [1.54, 1.807) is 6.20 Å². The molecule has 4 heteroatoms. The van der Waals surface area contributed by atoms with Crippen molar-refractivity contribution in [3.05, 3.63) is 24.0 Å². The van der Waals surface area contributed by atoms with Crippen LogP contribution in [0.4, 0.5) is 5.69 Å². The summed E-state index contributed by atoms with van der Waals surface area (Å²) in [6, 6.07) is 1.94. The number of carbonyl (C=O) groups is 1. The van der Waals surface area contributed by atoms with Gasteiger partial charge in [-0.2, -0.15) is 0 Å². The summed E-state index contributed by atoms with van der Waals surface area (Å²) in [5.41, 5.74) is 2.20. The van der Waals surface area contributed by atoms with Crippen LogP contribution in [0, 0.1) is 12.8 Å². The molecule has 1 aliphatic carbocycles. The molecule has 1 heterocycles. The van der Waals surface area contributed by atoms with Gasteiger partial charge >= 0.3 is 0 Å². The number of amides is 1. The summed E-state index contributed by atoms with van der Waals surface area (Å²) in [6.45, 7) is 3.44. The molecule has 0 aliphatic heterocycles. The number of nitrogens with zero attached hydrogens (tertiary/aromatic N) is 1. The van der Waals surface area contributed by atoms with Gasteiger partial charge in [-0.1, -0.05) is 0 Å². The third-order valence-corrected chi connectivity index (χ3v) is 2.71. The number of rotatable bonds is 5. The molecule has 0 saturated heterocycles. The second kappa shape index (κ2) is 4.96. The van der Waals surface area contributed by atoms with Gasteiger partial charge in [-0.3, -0.25) is 9.78 Å². The second-order valence-electron chi connectivity index (χ2n) is 4.18. The van der Waals surface area contributed by atoms with Gasteiger partial charge in [-0.15, -0.1) is 0 Å². The fourth-order valence-electron chi connectivity index (χ4n) is 1.54. The maximum Gasteiger partial charge on any atom is 0.223 e. The zero-order valence-corrected chi connectivity index (χ0v) is 9.49. The summed E-state index contributed by atoms with van der Waals surface area (Å²) >= 11 is 0. The minimum Gasteiger partial charge on any atom is -0.383 e. The lowest BCUT2D eigenvalue weighted by Gasteiger charge is -2.09. The standard InChI is InChI=1S/C12H17N3O/c1-9-8-13-5-4-11(9)14-6-7-15-12(16)10-2-3-10/h4-5,8,10H,2-3,6-7H2,1H3,(H,13,14)(H,15,16). The van der Waals surface area contributed by atoms with Crippen molar-refractivity contribution < 1.29 is 4.79 Å². The van der Waals surface area contributed by atoms with E-state index >= 15 is 0 Å². The molecule has 0 radical (unpaired) electrons. The average molecular weight is 219 g/mol. The van der Waals surface area contributed by atoms with E-state index in [-0.39, 0.29) is 5.91 Å². The number of carbonyl (C=O) groups excluding carboxylic acids is 1. The fraction of sp³-hybridized carbons (Fsp3) is 0.500. The van der Waals surface area contributed by atoms with Gasteiger partial charge < -0.3 is 10.6 Å². The average Bonchev–Trinajstić information content (AvgIpc) is 3.10. The SMILES string of the molecule is Cc1cnccc1NCCNC(=O)C1CC1. The van der Waals surface area contributed by atoms with E-state index in [2.05, 4.69) is 15.6 Å². The highest BCUT2D eigenvalue weighted by Gasteiger charge is 2.28. The Balaban J connectivity index is 1.67. The molecule has 86 valence electrons. The summed E-state index contributed by atoms with van der Waals surface area (Å²) < 4.78 is 0. The number of hydrogen-bond acceptors (Lipinski definition) is 3. The van der Waals surface area contributed by atoms with Crippen LogP contribution in [0.3, 0.4) is 0 Å². The predicted octanol–water partition coefficient (Wildman–Crippen LogP) is 1.33. The summed E-state index contributed by atoms with van der Waals surface area (Å²) in [5.74, 6) is 0.496. The Bertz CT molecular complexity index is 374. The van der Waals surface area contributed by atoms with Crippen LogP contribution < -0.4 is 10.6 Å². The summed E-state index contributed by atoms with van der Waals surface area (Å²) in [7, 11) is 0. The molecule has 4 nitrogen and oxygen atoms in total. The molecule has 1 aliphatic rings. The van der Waals surface area contributed by atoms with E-state index in [0.717, 1.165) is 30.6 Å². The van der Waals surface area contributed by atoms with Crippen LogP contribution in [-0.2, 0) is 4.79 Å². The molecule has 1 aromatic rings. The molecule has 0 aromatic carbocycles. The molecule has 0 atom stereocenters. The molecule has 0 unspecified atom stereocenters. The van der Waals surface area contributed by atoms with Crippen LogP contribution in [0.15, 0.2) is 18.5 Å². The van der Waals surface area contributed by atoms with Gasteiger partial charge in [-0.05, 0) is 31.4 Å². The lowest BCUT2D eigenvalue weighted by molar-refractivity contribution is -0.122. The van der Waals surface area contributed by atoms with Crippen molar-refractivity contribution >= 4 is 11.6 Å². The molecule has 0 spiro atoms. The maximum absolute atomic E-state index is 11.3. The Labute approximate surface area is 95.5 Å². The van der Waals surface area contributed by atoms with Gasteiger partial charge in [0.1, 0.15) is 0 Å². The van der Waals surface area contributed by atoms with Crippen LogP contribution in [0.2, 0.25) is 0 Å². The summed E-state index contributed by atoms with van der Waals surface area (Å²) in [4.78, 5) is 15.4. The fourth-order valence-corrected chi connectivity index (χ4v) is 1.54. The van der Waals surface area contributed by atoms with E-state index in [1.165, 1.54) is 0 Å². The Hall–Kier alpha value is -1.58. The van der Waals surface area contributed by atoms with Crippen LogP contribution in [0.5, 0.6) is 0 Å². The third-order valence-electron chi connectivity index (χ3n) is 2.71. The van der Waals surface area contributed by atoms with Gasteiger partial charge in [0.05, 0.1) is 0 Å². The third kappa shape index (κ3) is 2.95. The topological polar surface area (TPSA) is 54.0 Å². The van der Waals surface area contributed by atoms with Crippen molar-refractivity contribution in [3.8, 4) is 0 Å². The van der Waals surface area contributed by atoms with Crippen molar-refractivity contribution in [1.82, 2.24) is 10.3 Å². The van der Waals surface area contributed by atoms with E-state index in [1.807, 2.05) is 19.2 Å². The molecule has 16 heavy (non-hydrogen) atoms. The highest BCUT2D eigenvalue weighted by atomic mass is 16.2. The number of hydrogen-bond donors (Lipinski definition) is 2. The van der Waals surface area contributed by atoms with Gasteiger partial charge in [0.25, 0.3) is 0 Å². The van der Waals surface area contributed by atoms with E-state index in [9.17, 15) is 4.79 Å². The van der Waals surface area contributed by atoms with Crippen LogP contribution in [0.1, 0.15) is 18.4 Å². The first-order valence-electron chi connectivity index (χ1n) is 5.69. The normalized spacial score (nSPS) is 14.6. The predicted molar refractivity (Wildman–Crippen MR) is 63.2 cm³/mol. The van der Waals surface area contributed by atoms with Crippen molar-refractivity contribution in [3.63, 3.8) is 0 Å². The van der Waals surface area contributed by atoms with Crippen molar-refractivity contribution in [1.29, 1.82) is 0 Å². The molecule has 2 N–H and O–H groups in total. The molecule has 1 aromatic heterocycles. The van der Waals surface area contributed by atoms with E-state index in [0.29, 0.717) is 12.5 Å². The first kappa shape index (κ1) is 10.9. The number of aryl methyl sites for hydroxylation is 1. The Morgan fingerprint density at radius 2 is 2.31 bits per heavy atom. The first-order valence-corrected chi connectivity index (χ1v) is 5.69. The van der Waals surface area contributed by atoms with Crippen LogP contribution >= 0.6 is 0 Å². The quantitative estimate of drug-likeness (QED) is 0.734. The number of aromatic nitrogens is 1. The zero-order valence-electron chi connectivity index (χ0n) is 9.49. The number of nitrogens with one attached hydrogen (secondary N) is 2. The summed E-state index contributed by atoms with van der Waals surface area (Å²) in [5, 5.41) is 6.19. The molecular weight excluding hydrogens is 202 g/mol. The van der Waals surface area contributed by atoms with Gasteiger partial charge in [0.2, 0.25) is 5.91 Å². The number of anilines is 1. The monoisotopic (exact) mass is 219 g/mol. The Kier molecular flexibility index (Phi) is 3.39. The smallest absolute Gasteiger partial charge is 0.223 e. The molecule has 0 bridgehead atoms. The van der Waals surface area contributed by atoms with Gasteiger partial charge in [-0.25, -0.2) is 0 Å². The highest BCUT2D eigenvalue weighted by Crippen LogP contribution is 2.28. The Morgan fingerprint density at radius 3 is 3.00 bits per heavy atom. The minimum atomic E-state index is 0.202.